The Balaban J connectivity index is 2.87. The van der Waals surface area contributed by atoms with Crippen molar-refractivity contribution in [3.05, 3.63) is 23.8 Å². The van der Waals surface area contributed by atoms with E-state index in [9.17, 15) is 0 Å². The second kappa shape index (κ2) is 3.63. The molecule has 1 aliphatic rings. The highest BCUT2D eigenvalue weighted by Crippen LogP contribution is 2.32. The number of hydrogen-bond acceptors (Lipinski definition) is 1. The molecule has 0 heterocycles. The lowest BCUT2D eigenvalue weighted by atomic mass is 9.85. The van der Waals surface area contributed by atoms with Gasteiger partial charge in [-0.1, -0.05) is 37.6 Å². The molecule has 0 aliphatic heterocycles. The topological polar surface area (TPSA) is 26.0 Å². The smallest absolute Gasteiger partial charge is 0.0815 e. The molecule has 0 fully saturated rings. The van der Waals surface area contributed by atoms with Crippen molar-refractivity contribution >= 4 is 11.6 Å². The SMILES string of the molecule is CCC1=CC=CC(Cl)(CC)C1N. The van der Waals surface area contributed by atoms with Gasteiger partial charge in [-0.25, -0.2) is 0 Å². The van der Waals surface area contributed by atoms with Crippen LogP contribution >= 0.6 is 11.6 Å². The normalized spacial score (nSPS) is 35.0. The standard InChI is InChI=1S/C10H16ClN/c1-3-8-6-5-7-10(11,4-2)9(8)12/h5-7,9H,3-4,12H2,1-2H3. The van der Waals surface area contributed by atoms with Gasteiger partial charge in [-0.05, 0) is 12.8 Å². The number of rotatable bonds is 2. The number of nitrogens with two attached hydrogens (primary N) is 1. The molecule has 68 valence electrons. The Hall–Kier alpha value is -0.270. The number of alkyl halides is 1. The van der Waals surface area contributed by atoms with Gasteiger partial charge in [0.15, 0.2) is 0 Å². The first-order valence-electron chi connectivity index (χ1n) is 4.47. The second-order valence-corrected chi connectivity index (χ2v) is 3.92. The molecule has 0 radical (unpaired) electrons. The van der Waals surface area contributed by atoms with Crippen molar-refractivity contribution in [2.24, 2.45) is 5.73 Å². The van der Waals surface area contributed by atoms with Crippen LogP contribution in [0, 0.1) is 0 Å². The van der Waals surface area contributed by atoms with Crippen LogP contribution < -0.4 is 5.73 Å². The van der Waals surface area contributed by atoms with Gasteiger partial charge in [-0.15, -0.1) is 11.6 Å². The summed E-state index contributed by atoms with van der Waals surface area (Å²) in [7, 11) is 0. The first kappa shape index (κ1) is 9.82. The summed E-state index contributed by atoms with van der Waals surface area (Å²) in [5.74, 6) is 0. The van der Waals surface area contributed by atoms with Gasteiger partial charge < -0.3 is 5.73 Å². The summed E-state index contributed by atoms with van der Waals surface area (Å²) in [6, 6.07) is -0.0147. The quantitative estimate of drug-likeness (QED) is 0.658. The van der Waals surface area contributed by atoms with Gasteiger partial charge in [-0.3, -0.25) is 0 Å². The van der Waals surface area contributed by atoms with Crippen molar-refractivity contribution in [1.82, 2.24) is 0 Å². The molecule has 0 saturated carbocycles. The number of hydrogen-bond donors (Lipinski definition) is 1. The van der Waals surface area contributed by atoms with Gasteiger partial charge in [0, 0.05) is 6.04 Å². The molecule has 2 heteroatoms. The maximum atomic E-state index is 6.33. The van der Waals surface area contributed by atoms with E-state index in [0.717, 1.165) is 12.8 Å². The molecule has 1 rings (SSSR count). The molecule has 0 saturated heterocycles. The summed E-state index contributed by atoms with van der Waals surface area (Å²) in [4.78, 5) is -0.347. The minimum absolute atomic E-state index is 0.0147. The third kappa shape index (κ3) is 1.57. The van der Waals surface area contributed by atoms with E-state index in [1.54, 1.807) is 0 Å². The Morgan fingerprint density at radius 2 is 2.25 bits per heavy atom. The minimum Gasteiger partial charge on any atom is -0.322 e. The molecule has 1 aliphatic carbocycles. The van der Waals surface area contributed by atoms with E-state index in [-0.39, 0.29) is 10.9 Å². The zero-order chi connectivity index (χ0) is 9.19. The molecule has 0 bridgehead atoms. The number of allylic oxidation sites excluding steroid dienone is 2. The molecule has 0 amide bonds. The van der Waals surface area contributed by atoms with Crippen LogP contribution in [-0.2, 0) is 0 Å². The Morgan fingerprint density at radius 1 is 1.58 bits per heavy atom. The van der Waals surface area contributed by atoms with Gasteiger partial charge in [0.25, 0.3) is 0 Å². The van der Waals surface area contributed by atoms with Crippen LogP contribution in [0.15, 0.2) is 23.8 Å². The summed E-state index contributed by atoms with van der Waals surface area (Å²) >= 11 is 6.33. The Bertz CT molecular complexity index is 220. The third-order valence-electron chi connectivity index (χ3n) is 2.55. The average molecular weight is 186 g/mol. The average Bonchev–Trinajstić information content (AvgIpc) is 2.10. The van der Waals surface area contributed by atoms with Gasteiger partial charge in [0.1, 0.15) is 0 Å². The third-order valence-corrected chi connectivity index (χ3v) is 3.18. The summed E-state index contributed by atoms with van der Waals surface area (Å²) in [6.07, 6.45) is 7.95. The zero-order valence-corrected chi connectivity index (χ0v) is 8.43. The molecule has 12 heavy (non-hydrogen) atoms. The van der Waals surface area contributed by atoms with Gasteiger partial charge in [0.2, 0.25) is 0 Å². The van der Waals surface area contributed by atoms with Crippen molar-refractivity contribution in [1.29, 1.82) is 0 Å². The summed E-state index contributed by atoms with van der Waals surface area (Å²) in [5.41, 5.74) is 7.27. The summed E-state index contributed by atoms with van der Waals surface area (Å²) in [5, 5.41) is 0. The first-order chi connectivity index (χ1) is 5.64. The first-order valence-corrected chi connectivity index (χ1v) is 4.84. The highest BCUT2D eigenvalue weighted by atomic mass is 35.5. The van der Waals surface area contributed by atoms with Crippen molar-refractivity contribution < 1.29 is 0 Å². The van der Waals surface area contributed by atoms with E-state index in [4.69, 9.17) is 17.3 Å². The molecular formula is C10H16ClN. The monoisotopic (exact) mass is 185 g/mol. The molecule has 1 nitrogen and oxygen atoms in total. The molecule has 0 spiro atoms. The van der Waals surface area contributed by atoms with Crippen LogP contribution in [0.5, 0.6) is 0 Å². The van der Waals surface area contributed by atoms with E-state index in [0.29, 0.717) is 0 Å². The fraction of sp³-hybridized carbons (Fsp3) is 0.600. The Labute approximate surface area is 79.3 Å². The van der Waals surface area contributed by atoms with E-state index in [1.165, 1.54) is 5.57 Å². The molecule has 0 aromatic rings. The van der Waals surface area contributed by atoms with E-state index in [2.05, 4.69) is 19.9 Å². The maximum absolute atomic E-state index is 6.33. The van der Waals surface area contributed by atoms with Gasteiger partial charge >= 0.3 is 0 Å². The molecule has 0 aromatic heterocycles. The lowest BCUT2D eigenvalue weighted by molar-refractivity contribution is 0.558. The molecule has 2 unspecified atom stereocenters. The van der Waals surface area contributed by atoms with E-state index < -0.39 is 0 Å². The van der Waals surface area contributed by atoms with Crippen LogP contribution in [0.2, 0.25) is 0 Å². The molecule has 2 atom stereocenters. The zero-order valence-electron chi connectivity index (χ0n) is 7.68. The minimum atomic E-state index is -0.347. The predicted molar refractivity (Wildman–Crippen MR) is 54.4 cm³/mol. The van der Waals surface area contributed by atoms with Crippen LogP contribution in [0.25, 0.3) is 0 Å². The summed E-state index contributed by atoms with van der Waals surface area (Å²) in [6.45, 7) is 4.17. The Morgan fingerprint density at radius 3 is 2.75 bits per heavy atom. The summed E-state index contributed by atoms with van der Waals surface area (Å²) < 4.78 is 0. The maximum Gasteiger partial charge on any atom is 0.0815 e. The van der Waals surface area contributed by atoms with Crippen molar-refractivity contribution in [2.45, 2.75) is 37.6 Å². The fourth-order valence-electron chi connectivity index (χ4n) is 1.52. The van der Waals surface area contributed by atoms with Gasteiger partial charge in [0.05, 0.1) is 4.87 Å². The lowest BCUT2D eigenvalue weighted by Gasteiger charge is -2.33. The largest absolute Gasteiger partial charge is 0.322 e. The van der Waals surface area contributed by atoms with Crippen LogP contribution in [0.4, 0.5) is 0 Å². The second-order valence-electron chi connectivity index (χ2n) is 3.21. The molecule has 2 N–H and O–H groups in total. The molecule has 0 aromatic carbocycles. The number of halogens is 1. The fourth-order valence-corrected chi connectivity index (χ4v) is 1.74. The van der Waals surface area contributed by atoms with Crippen LogP contribution in [0.3, 0.4) is 0 Å². The van der Waals surface area contributed by atoms with Crippen LogP contribution in [-0.4, -0.2) is 10.9 Å². The van der Waals surface area contributed by atoms with Crippen LogP contribution in [0.1, 0.15) is 26.7 Å². The van der Waals surface area contributed by atoms with Gasteiger partial charge in [-0.2, -0.15) is 0 Å². The van der Waals surface area contributed by atoms with Crippen molar-refractivity contribution in [3.8, 4) is 0 Å². The highest BCUT2D eigenvalue weighted by Gasteiger charge is 2.33. The highest BCUT2D eigenvalue weighted by molar-refractivity contribution is 6.26. The lowest BCUT2D eigenvalue weighted by Crippen LogP contribution is -2.44. The van der Waals surface area contributed by atoms with E-state index in [1.807, 2.05) is 12.2 Å². The van der Waals surface area contributed by atoms with E-state index >= 15 is 0 Å². The van der Waals surface area contributed by atoms with Crippen molar-refractivity contribution in [2.75, 3.05) is 0 Å². The van der Waals surface area contributed by atoms with Crippen molar-refractivity contribution in [3.63, 3.8) is 0 Å². The molecular weight excluding hydrogens is 170 g/mol. The Kier molecular flexibility index (Phi) is 2.97. The predicted octanol–water partition coefficient (Wildman–Crippen LogP) is 2.61.